The summed E-state index contributed by atoms with van der Waals surface area (Å²) in [5.41, 5.74) is 4.70. The highest BCUT2D eigenvalue weighted by Crippen LogP contribution is 2.30. The number of benzene rings is 2. The van der Waals surface area contributed by atoms with Crippen LogP contribution in [0.4, 0.5) is 0 Å². The predicted octanol–water partition coefficient (Wildman–Crippen LogP) is 4.22. The van der Waals surface area contributed by atoms with Crippen molar-refractivity contribution in [1.29, 1.82) is 0 Å². The second-order valence-corrected chi connectivity index (χ2v) is 11.8. The van der Waals surface area contributed by atoms with Crippen LogP contribution in [0.15, 0.2) is 65.6 Å². The first-order valence-electron chi connectivity index (χ1n) is 9.90. The third-order valence-corrected chi connectivity index (χ3v) is 8.13. The molecule has 0 spiro atoms. The molecule has 1 heterocycles. The minimum atomic E-state index is -3.27. The molecule has 0 saturated heterocycles. The minimum absolute atomic E-state index is 0.118. The molecule has 0 bridgehead atoms. The highest BCUT2D eigenvalue weighted by molar-refractivity contribution is 7.91. The molecule has 1 aromatic heterocycles. The molecule has 0 fully saturated rings. The smallest absolute Gasteiger partial charge is 0.175 e. The fourth-order valence-electron chi connectivity index (χ4n) is 3.59. The molecule has 0 atom stereocenters. The summed E-state index contributed by atoms with van der Waals surface area (Å²) in [7, 11) is -6.35. The number of aryl methyl sites for hydroxylation is 1. The van der Waals surface area contributed by atoms with Gasteiger partial charge in [0.05, 0.1) is 16.3 Å². The van der Waals surface area contributed by atoms with Crippen molar-refractivity contribution in [3.05, 3.63) is 71.9 Å². The molecule has 30 heavy (non-hydrogen) atoms. The summed E-state index contributed by atoms with van der Waals surface area (Å²) >= 11 is 0. The summed E-state index contributed by atoms with van der Waals surface area (Å²) in [5.74, 6) is 0.318. The van der Waals surface area contributed by atoms with Gasteiger partial charge in [0.1, 0.15) is 0 Å². The van der Waals surface area contributed by atoms with E-state index < -0.39 is 19.7 Å². The molecule has 2 aromatic carbocycles. The zero-order valence-corrected chi connectivity index (χ0v) is 19.1. The van der Waals surface area contributed by atoms with Crippen LogP contribution in [0.2, 0.25) is 0 Å². The van der Waals surface area contributed by atoms with Crippen molar-refractivity contribution in [2.45, 2.75) is 31.6 Å². The van der Waals surface area contributed by atoms with Gasteiger partial charge < -0.3 is 4.57 Å². The van der Waals surface area contributed by atoms with E-state index in [-0.39, 0.29) is 16.4 Å². The Labute approximate surface area is 179 Å². The molecule has 0 saturated carbocycles. The van der Waals surface area contributed by atoms with Gasteiger partial charge in [0.15, 0.2) is 19.7 Å². The Morgan fingerprint density at radius 1 is 0.867 bits per heavy atom. The monoisotopic (exact) mass is 445 g/mol. The Kier molecular flexibility index (Phi) is 6.53. The molecular formula is C23H27NO4S2. The summed E-state index contributed by atoms with van der Waals surface area (Å²) in [6.07, 6.45) is 2.25. The number of para-hydroxylation sites is 1. The van der Waals surface area contributed by atoms with Gasteiger partial charge in [-0.25, -0.2) is 16.8 Å². The lowest BCUT2D eigenvalue weighted by Gasteiger charge is -2.13. The molecule has 0 unspecified atom stereocenters. The van der Waals surface area contributed by atoms with Gasteiger partial charge in [0.25, 0.3) is 0 Å². The second-order valence-electron chi connectivity index (χ2n) is 7.51. The van der Waals surface area contributed by atoms with Crippen molar-refractivity contribution in [3.63, 3.8) is 0 Å². The number of hydrogen-bond donors (Lipinski definition) is 0. The Morgan fingerprint density at radius 2 is 1.50 bits per heavy atom. The zero-order valence-electron chi connectivity index (χ0n) is 17.5. The van der Waals surface area contributed by atoms with Crippen LogP contribution in [-0.4, -0.2) is 39.2 Å². The van der Waals surface area contributed by atoms with E-state index in [0.717, 1.165) is 28.2 Å². The van der Waals surface area contributed by atoms with E-state index in [1.807, 2.05) is 50.2 Å². The lowest BCUT2D eigenvalue weighted by Crippen LogP contribution is -2.12. The van der Waals surface area contributed by atoms with Crippen molar-refractivity contribution in [2.24, 2.45) is 0 Å². The third kappa shape index (κ3) is 5.02. The van der Waals surface area contributed by atoms with Crippen LogP contribution in [0.25, 0.3) is 16.9 Å². The van der Waals surface area contributed by atoms with E-state index in [1.54, 1.807) is 24.3 Å². The van der Waals surface area contributed by atoms with Crippen molar-refractivity contribution in [2.75, 3.05) is 17.8 Å². The lowest BCUT2D eigenvalue weighted by molar-refractivity contribution is 0.593. The van der Waals surface area contributed by atoms with Crippen molar-refractivity contribution < 1.29 is 16.8 Å². The molecule has 0 N–H and O–H groups in total. The fraction of sp³-hybridized carbons (Fsp3) is 0.304. The van der Waals surface area contributed by atoms with Crippen LogP contribution < -0.4 is 0 Å². The molecule has 0 aliphatic heterocycles. The van der Waals surface area contributed by atoms with Crippen molar-refractivity contribution >= 4 is 19.7 Å². The normalized spacial score (nSPS) is 12.2. The van der Waals surface area contributed by atoms with E-state index >= 15 is 0 Å². The first-order chi connectivity index (χ1) is 14.1. The summed E-state index contributed by atoms with van der Waals surface area (Å²) in [5, 5.41) is 0. The van der Waals surface area contributed by atoms with Crippen molar-refractivity contribution in [1.82, 2.24) is 4.57 Å². The van der Waals surface area contributed by atoms with Crippen LogP contribution in [0.1, 0.15) is 24.6 Å². The summed E-state index contributed by atoms with van der Waals surface area (Å²) in [4.78, 5) is 0.270. The summed E-state index contributed by atoms with van der Waals surface area (Å²) in [6, 6.07) is 18.7. The van der Waals surface area contributed by atoms with Crippen LogP contribution in [-0.2, 0) is 26.1 Å². The summed E-state index contributed by atoms with van der Waals surface area (Å²) in [6.45, 7) is 3.86. The van der Waals surface area contributed by atoms with E-state index in [1.165, 1.54) is 6.26 Å². The average molecular weight is 446 g/mol. The van der Waals surface area contributed by atoms with Gasteiger partial charge in [0, 0.05) is 23.4 Å². The molecule has 3 rings (SSSR count). The minimum Gasteiger partial charge on any atom is -0.314 e. The van der Waals surface area contributed by atoms with Crippen LogP contribution in [0.3, 0.4) is 0 Å². The molecule has 3 aromatic rings. The third-order valence-electron chi connectivity index (χ3n) is 5.14. The molecule has 160 valence electrons. The van der Waals surface area contributed by atoms with E-state index in [2.05, 4.69) is 4.57 Å². The molecule has 5 nitrogen and oxygen atoms in total. The lowest BCUT2D eigenvalue weighted by atomic mass is 10.1. The molecule has 0 aliphatic rings. The Morgan fingerprint density at radius 3 is 2.07 bits per heavy atom. The number of nitrogens with zero attached hydrogens (tertiary/aromatic N) is 1. The highest BCUT2D eigenvalue weighted by Gasteiger charge is 2.18. The van der Waals surface area contributed by atoms with Gasteiger partial charge in [-0.3, -0.25) is 0 Å². The Bertz CT molecular complexity index is 1220. The topological polar surface area (TPSA) is 73.2 Å². The van der Waals surface area contributed by atoms with Gasteiger partial charge in [-0.2, -0.15) is 0 Å². The second kappa shape index (κ2) is 8.78. The molecule has 7 heteroatoms. The Balaban J connectivity index is 2.07. The highest BCUT2D eigenvalue weighted by atomic mass is 32.2. The Hall–Kier alpha value is -2.38. The van der Waals surface area contributed by atoms with Gasteiger partial charge in [-0.15, -0.1) is 0 Å². The standard InChI is InChI=1S/C23H27NO4S2/c1-4-15-30(27,28)16-14-20-17-23(19-10-12-22(13-11-19)29(3,25)26)24(18(20)2)21-8-6-5-7-9-21/h5-13,17H,4,14-16H2,1-3H3. The van der Waals surface area contributed by atoms with Gasteiger partial charge in [-0.05, 0) is 61.2 Å². The first kappa shape index (κ1) is 22.3. The van der Waals surface area contributed by atoms with E-state index in [0.29, 0.717) is 12.8 Å². The van der Waals surface area contributed by atoms with E-state index in [4.69, 9.17) is 0 Å². The number of hydrogen-bond acceptors (Lipinski definition) is 4. The first-order valence-corrected chi connectivity index (χ1v) is 13.6. The SMILES string of the molecule is CCCS(=O)(=O)CCc1cc(-c2ccc(S(C)(=O)=O)cc2)n(-c2ccccc2)c1C. The quantitative estimate of drug-likeness (QED) is 0.520. The maximum atomic E-state index is 12.2. The molecule has 0 aliphatic carbocycles. The average Bonchev–Trinajstić information content (AvgIpc) is 3.03. The molecule has 0 radical (unpaired) electrons. The van der Waals surface area contributed by atoms with Crippen LogP contribution >= 0.6 is 0 Å². The van der Waals surface area contributed by atoms with Crippen LogP contribution in [0, 0.1) is 6.92 Å². The molecule has 0 amide bonds. The summed E-state index contributed by atoms with van der Waals surface area (Å²) < 4.78 is 50.1. The zero-order chi connectivity index (χ0) is 21.9. The largest absolute Gasteiger partial charge is 0.314 e. The van der Waals surface area contributed by atoms with E-state index in [9.17, 15) is 16.8 Å². The van der Waals surface area contributed by atoms with Gasteiger partial charge >= 0.3 is 0 Å². The number of aromatic nitrogens is 1. The number of sulfone groups is 2. The number of rotatable bonds is 8. The maximum absolute atomic E-state index is 12.2. The fourth-order valence-corrected chi connectivity index (χ4v) is 5.57. The van der Waals surface area contributed by atoms with Gasteiger partial charge in [0.2, 0.25) is 0 Å². The van der Waals surface area contributed by atoms with Crippen molar-refractivity contribution in [3.8, 4) is 16.9 Å². The molecular weight excluding hydrogens is 418 g/mol. The van der Waals surface area contributed by atoms with Gasteiger partial charge in [-0.1, -0.05) is 37.3 Å². The van der Waals surface area contributed by atoms with Crippen LogP contribution in [0.5, 0.6) is 0 Å². The predicted molar refractivity (Wildman–Crippen MR) is 122 cm³/mol. The maximum Gasteiger partial charge on any atom is 0.175 e.